The van der Waals surface area contributed by atoms with Crippen molar-refractivity contribution in [3.63, 3.8) is 0 Å². The third-order valence-corrected chi connectivity index (χ3v) is 5.47. The fourth-order valence-electron chi connectivity index (χ4n) is 3.30. The van der Waals surface area contributed by atoms with Gasteiger partial charge in [0.25, 0.3) is 0 Å². The van der Waals surface area contributed by atoms with E-state index in [9.17, 15) is 4.79 Å². The summed E-state index contributed by atoms with van der Waals surface area (Å²) in [6.07, 6.45) is 4.96. The Morgan fingerprint density at radius 3 is 2.71 bits per heavy atom. The van der Waals surface area contributed by atoms with Crippen molar-refractivity contribution in [2.45, 2.75) is 58.9 Å². The summed E-state index contributed by atoms with van der Waals surface area (Å²) in [7, 11) is 0. The van der Waals surface area contributed by atoms with E-state index in [-0.39, 0.29) is 17.4 Å². The van der Waals surface area contributed by atoms with E-state index in [1.54, 1.807) is 0 Å². The minimum Gasteiger partial charge on any atom is -0.353 e. The zero-order chi connectivity index (χ0) is 15.3. The molecule has 0 aliphatic carbocycles. The Morgan fingerprint density at radius 2 is 2.14 bits per heavy atom. The Labute approximate surface area is 132 Å². The maximum absolute atomic E-state index is 12.8. The summed E-state index contributed by atoms with van der Waals surface area (Å²) in [5.41, 5.74) is -0.139. The summed E-state index contributed by atoms with van der Waals surface area (Å²) in [4.78, 5) is 15.5. The molecule has 0 radical (unpaired) electrons. The van der Waals surface area contributed by atoms with Crippen LogP contribution in [-0.4, -0.2) is 25.0 Å². The average Bonchev–Trinajstić information content (AvgIpc) is 2.85. The largest absolute Gasteiger partial charge is 0.353 e. The number of rotatable bonds is 6. The number of nitrogens with one attached hydrogen (secondary N) is 2. The second kappa shape index (κ2) is 7.41. The lowest BCUT2D eigenvalue weighted by molar-refractivity contribution is -0.133. The fraction of sp³-hybridized carbons (Fsp3) is 0.706. The van der Waals surface area contributed by atoms with Gasteiger partial charge in [-0.25, -0.2) is 0 Å². The molecule has 4 heteroatoms. The first-order chi connectivity index (χ1) is 10.1. The van der Waals surface area contributed by atoms with Crippen LogP contribution in [0.5, 0.6) is 0 Å². The Bertz CT molecular complexity index is 458. The molecule has 1 unspecified atom stereocenters. The molecule has 118 valence electrons. The second-order valence-electron chi connectivity index (χ2n) is 6.37. The smallest absolute Gasteiger partial charge is 0.226 e. The van der Waals surface area contributed by atoms with Crippen LogP contribution >= 0.6 is 11.3 Å². The Kier molecular flexibility index (Phi) is 5.82. The van der Waals surface area contributed by atoms with Crippen LogP contribution in [0.25, 0.3) is 0 Å². The highest BCUT2D eigenvalue weighted by atomic mass is 32.1. The molecule has 1 saturated heterocycles. The van der Waals surface area contributed by atoms with Crippen LogP contribution in [0.4, 0.5) is 0 Å². The van der Waals surface area contributed by atoms with Gasteiger partial charge < -0.3 is 10.6 Å². The molecule has 2 N–H and O–H groups in total. The van der Waals surface area contributed by atoms with Crippen molar-refractivity contribution in [2.75, 3.05) is 13.1 Å². The summed E-state index contributed by atoms with van der Waals surface area (Å²) < 4.78 is 0. The van der Waals surface area contributed by atoms with Crippen LogP contribution in [-0.2, 0) is 11.2 Å². The normalized spacial score (nSPS) is 19.2. The van der Waals surface area contributed by atoms with Gasteiger partial charge in [0.2, 0.25) is 5.91 Å². The van der Waals surface area contributed by atoms with Gasteiger partial charge in [0, 0.05) is 22.2 Å². The van der Waals surface area contributed by atoms with E-state index in [1.807, 2.05) is 11.3 Å². The van der Waals surface area contributed by atoms with Crippen LogP contribution in [0.1, 0.15) is 49.3 Å². The van der Waals surface area contributed by atoms with Gasteiger partial charge in [-0.2, -0.15) is 0 Å². The summed E-state index contributed by atoms with van der Waals surface area (Å²) in [6, 6.07) is 4.54. The summed E-state index contributed by atoms with van der Waals surface area (Å²) in [6.45, 7) is 8.35. The molecule has 1 amide bonds. The predicted octanol–water partition coefficient (Wildman–Crippen LogP) is 3.27. The topological polar surface area (TPSA) is 41.1 Å². The van der Waals surface area contributed by atoms with Crippen molar-refractivity contribution in [2.24, 2.45) is 5.41 Å². The number of aryl methyl sites for hydroxylation is 1. The minimum absolute atomic E-state index is 0.139. The zero-order valence-corrected chi connectivity index (χ0v) is 14.3. The van der Waals surface area contributed by atoms with Crippen molar-refractivity contribution < 1.29 is 4.79 Å². The number of amides is 1. The third-order valence-electron chi connectivity index (χ3n) is 4.45. The van der Waals surface area contributed by atoms with E-state index >= 15 is 0 Å². The van der Waals surface area contributed by atoms with Crippen LogP contribution in [0.3, 0.4) is 0 Å². The molecule has 0 spiro atoms. The van der Waals surface area contributed by atoms with Gasteiger partial charge in [0.05, 0.1) is 5.41 Å². The number of piperidine rings is 1. The second-order valence-corrected chi connectivity index (χ2v) is 7.74. The number of carbonyl (C=O) groups is 1. The molecule has 2 heterocycles. The maximum Gasteiger partial charge on any atom is 0.226 e. The van der Waals surface area contributed by atoms with Gasteiger partial charge in [0.15, 0.2) is 0 Å². The number of hydrogen-bond donors (Lipinski definition) is 2. The molecule has 0 aromatic carbocycles. The number of hydrogen-bond acceptors (Lipinski definition) is 3. The van der Waals surface area contributed by atoms with Gasteiger partial charge in [-0.1, -0.05) is 13.3 Å². The molecule has 0 saturated carbocycles. The lowest BCUT2D eigenvalue weighted by Gasteiger charge is -2.37. The summed E-state index contributed by atoms with van der Waals surface area (Å²) >= 11 is 1.83. The van der Waals surface area contributed by atoms with E-state index in [0.717, 1.165) is 45.2 Å². The van der Waals surface area contributed by atoms with E-state index < -0.39 is 0 Å². The lowest BCUT2D eigenvalue weighted by Crippen LogP contribution is -2.50. The highest BCUT2D eigenvalue weighted by Crippen LogP contribution is 2.34. The van der Waals surface area contributed by atoms with Crippen molar-refractivity contribution in [1.82, 2.24) is 10.6 Å². The van der Waals surface area contributed by atoms with Gasteiger partial charge in [-0.05, 0) is 58.3 Å². The van der Waals surface area contributed by atoms with Crippen LogP contribution < -0.4 is 10.6 Å². The number of carbonyl (C=O) groups excluding carboxylic acids is 1. The Balaban J connectivity index is 1.94. The molecular formula is C17H28N2OS. The predicted molar refractivity (Wildman–Crippen MR) is 89.8 cm³/mol. The number of thiophene rings is 1. The molecule has 0 bridgehead atoms. The SMILES string of the molecule is CCCC1(C(=O)NC(C)Cc2ccc(C)s2)CCNCC1. The highest BCUT2D eigenvalue weighted by molar-refractivity contribution is 7.11. The van der Waals surface area contributed by atoms with Gasteiger partial charge >= 0.3 is 0 Å². The van der Waals surface area contributed by atoms with Gasteiger partial charge in [-0.15, -0.1) is 11.3 Å². The monoisotopic (exact) mass is 308 g/mol. The standard InChI is InChI=1S/C17H28N2OS/c1-4-7-17(8-10-18-11-9-17)16(20)19-13(2)12-15-6-5-14(3)21-15/h5-6,13,18H,4,7-12H2,1-3H3,(H,19,20). The molecule has 21 heavy (non-hydrogen) atoms. The van der Waals surface area contributed by atoms with E-state index in [2.05, 4.69) is 43.5 Å². The quantitative estimate of drug-likeness (QED) is 0.847. The summed E-state index contributed by atoms with van der Waals surface area (Å²) in [5, 5.41) is 6.64. The first-order valence-corrected chi connectivity index (χ1v) is 8.94. The lowest BCUT2D eigenvalue weighted by atomic mass is 9.74. The molecular weight excluding hydrogens is 280 g/mol. The van der Waals surface area contributed by atoms with Crippen LogP contribution in [0.2, 0.25) is 0 Å². The van der Waals surface area contributed by atoms with Gasteiger partial charge in [0.1, 0.15) is 0 Å². The van der Waals surface area contributed by atoms with Crippen LogP contribution in [0, 0.1) is 12.3 Å². The molecule has 1 atom stereocenters. The molecule has 2 rings (SSSR count). The van der Waals surface area contributed by atoms with Crippen LogP contribution in [0.15, 0.2) is 12.1 Å². The highest BCUT2D eigenvalue weighted by Gasteiger charge is 2.38. The average molecular weight is 308 g/mol. The molecule has 1 aliphatic rings. The Morgan fingerprint density at radius 1 is 1.43 bits per heavy atom. The van der Waals surface area contributed by atoms with Gasteiger partial charge in [-0.3, -0.25) is 4.79 Å². The van der Waals surface area contributed by atoms with Crippen molar-refractivity contribution >= 4 is 17.2 Å². The van der Waals surface area contributed by atoms with Crippen molar-refractivity contribution in [3.05, 3.63) is 21.9 Å². The fourth-order valence-corrected chi connectivity index (χ4v) is 4.32. The first kappa shape index (κ1) is 16.5. The molecule has 1 aromatic heterocycles. The van der Waals surface area contributed by atoms with E-state index in [4.69, 9.17) is 0 Å². The zero-order valence-electron chi connectivity index (χ0n) is 13.5. The minimum atomic E-state index is -0.139. The van der Waals surface area contributed by atoms with Crippen molar-refractivity contribution in [1.29, 1.82) is 0 Å². The molecule has 1 fully saturated rings. The molecule has 3 nitrogen and oxygen atoms in total. The third kappa shape index (κ3) is 4.30. The molecule has 1 aliphatic heterocycles. The van der Waals surface area contributed by atoms with E-state index in [0.29, 0.717) is 0 Å². The van der Waals surface area contributed by atoms with E-state index in [1.165, 1.54) is 9.75 Å². The first-order valence-electron chi connectivity index (χ1n) is 8.13. The van der Waals surface area contributed by atoms with Crippen molar-refractivity contribution in [3.8, 4) is 0 Å². The molecule has 1 aromatic rings. The maximum atomic E-state index is 12.8. The Hall–Kier alpha value is -0.870. The summed E-state index contributed by atoms with van der Waals surface area (Å²) in [5.74, 6) is 0.270.